The molecule has 3 aromatic carbocycles. The number of ether oxygens (including phenoxy) is 6. The van der Waals surface area contributed by atoms with E-state index in [9.17, 15) is 4.79 Å². The molecule has 1 aromatic heterocycles. The molecule has 0 radical (unpaired) electrons. The van der Waals surface area contributed by atoms with E-state index in [1.165, 1.54) is 6.42 Å². The molecule has 9 nitrogen and oxygen atoms in total. The molecule has 0 bridgehead atoms. The molecular formula is C41H49ClN2O7. The van der Waals surface area contributed by atoms with Crippen LogP contribution in [0.3, 0.4) is 0 Å². The van der Waals surface area contributed by atoms with Gasteiger partial charge >= 0.3 is 0 Å². The average Bonchev–Trinajstić information content (AvgIpc) is 3.61. The number of hydrogen-bond donors (Lipinski definition) is 0. The molecule has 0 aliphatic carbocycles. The monoisotopic (exact) mass is 716 g/mol. The maximum absolute atomic E-state index is 11.9. The highest BCUT2D eigenvalue weighted by Gasteiger charge is 2.15. The van der Waals surface area contributed by atoms with E-state index in [4.69, 9.17) is 28.4 Å². The molecule has 3 heterocycles. The number of piperidine rings is 1. The van der Waals surface area contributed by atoms with Crippen LogP contribution in [0.2, 0.25) is 0 Å². The maximum atomic E-state index is 11.9. The van der Waals surface area contributed by atoms with Crippen LogP contribution in [0.25, 0.3) is 16.8 Å². The Bertz CT molecular complexity index is 1790. The van der Waals surface area contributed by atoms with Gasteiger partial charge in [-0.3, -0.25) is 9.78 Å². The lowest BCUT2D eigenvalue weighted by molar-refractivity contribution is -0.126. The molecule has 0 saturated carbocycles. The van der Waals surface area contributed by atoms with Crippen molar-refractivity contribution in [3.8, 4) is 34.5 Å². The van der Waals surface area contributed by atoms with Crippen LogP contribution in [0.5, 0.6) is 34.5 Å². The Balaban J connectivity index is 0.000000235. The number of likely N-dealkylation sites (tertiary alicyclic amines) is 1. The number of carbonyl (C=O) groups excluding carboxylic acids is 1. The number of halogens is 1. The molecule has 0 atom stereocenters. The summed E-state index contributed by atoms with van der Waals surface area (Å²) >= 11 is 0. The molecule has 6 rings (SSSR count). The van der Waals surface area contributed by atoms with Crippen LogP contribution in [0, 0.1) is 0 Å². The van der Waals surface area contributed by atoms with E-state index >= 15 is 0 Å². The van der Waals surface area contributed by atoms with Crippen LogP contribution in [0.4, 0.5) is 0 Å². The second-order valence-corrected chi connectivity index (χ2v) is 11.7. The molecule has 1 fully saturated rings. The zero-order valence-corrected chi connectivity index (χ0v) is 30.8. The molecule has 51 heavy (non-hydrogen) atoms. The van der Waals surface area contributed by atoms with Gasteiger partial charge in [0.15, 0.2) is 34.5 Å². The minimum absolute atomic E-state index is 0. The van der Waals surface area contributed by atoms with E-state index in [0.717, 1.165) is 88.0 Å². The Hall–Kier alpha value is -4.89. The Kier molecular flexibility index (Phi) is 15.3. The highest BCUT2D eigenvalue weighted by atomic mass is 35.5. The van der Waals surface area contributed by atoms with Gasteiger partial charge in [-0.15, -0.1) is 12.4 Å². The number of allylic oxidation sites excluding steroid dienone is 2. The van der Waals surface area contributed by atoms with Gasteiger partial charge in [-0.1, -0.05) is 30.4 Å². The SMILES string of the molecule is CCOc1ccc(Cc2nccc3cc(OCC)c(OCC)cc23)cc1OCC.Cl.O=C(C=CC=Cc1ccc2c(c1)OCO2)N1CCCCC1. The Labute approximate surface area is 307 Å². The number of rotatable bonds is 13. The first-order valence-corrected chi connectivity index (χ1v) is 17.6. The van der Waals surface area contributed by atoms with Gasteiger partial charge < -0.3 is 33.3 Å². The molecule has 0 unspecified atom stereocenters. The number of carbonyl (C=O) groups is 1. The Morgan fingerprint density at radius 3 is 2.14 bits per heavy atom. The predicted molar refractivity (Wildman–Crippen MR) is 204 cm³/mol. The second-order valence-electron chi connectivity index (χ2n) is 11.7. The standard InChI is InChI=1S/C24H29NO4.C17H19NO3.ClH/c1-5-26-21-10-9-17(14-22(21)27-6-2)13-20-19-16-24(29-8-4)23(28-7-3)15-18(19)11-12-25-20;19-17(18-10-4-1-5-11-18)7-3-2-6-14-8-9-15-16(12-14)21-13-20-15;/h9-12,14-16H,5-8,13H2,1-4H3;2-3,6-9,12H,1,4-5,10-11,13H2;1H. The van der Waals surface area contributed by atoms with E-state index in [0.29, 0.717) is 32.8 Å². The second kappa shape index (κ2) is 20.1. The summed E-state index contributed by atoms with van der Waals surface area (Å²) in [4.78, 5) is 18.5. The van der Waals surface area contributed by atoms with Gasteiger partial charge in [0.2, 0.25) is 12.7 Å². The lowest BCUT2D eigenvalue weighted by Crippen LogP contribution is -2.34. The van der Waals surface area contributed by atoms with Crippen molar-refractivity contribution in [1.29, 1.82) is 0 Å². The summed E-state index contributed by atoms with van der Waals surface area (Å²) in [6.45, 7) is 12.3. The Morgan fingerprint density at radius 1 is 0.745 bits per heavy atom. The first-order chi connectivity index (χ1) is 24.5. The summed E-state index contributed by atoms with van der Waals surface area (Å²) < 4.78 is 33.6. The number of amides is 1. The van der Waals surface area contributed by atoms with Gasteiger partial charge in [-0.05, 0) is 106 Å². The quantitative estimate of drug-likeness (QED) is 0.100. The number of pyridine rings is 1. The van der Waals surface area contributed by atoms with Crippen molar-refractivity contribution >= 4 is 35.2 Å². The zero-order valence-electron chi connectivity index (χ0n) is 30.0. The fourth-order valence-electron chi connectivity index (χ4n) is 5.86. The zero-order chi connectivity index (χ0) is 35.1. The normalized spacial score (nSPS) is 13.5. The molecular weight excluding hydrogens is 668 g/mol. The highest BCUT2D eigenvalue weighted by Crippen LogP contribution is 2.36. The summed E-state index contributed by atoms with van der Waals surface area (Å²) in [5, 5.41) is 2.14. The van der Waals surface area contributed by atoms with Gasteiger partial charge in [0, 0.05) is 37.2 Å². The van der Waals surface area contributed by atoms with Crippen molar-refractivity contribution in [3.05, 3.63) is 95.8 Å². The van der Waals surface area contributed by atoms with E-state index in [-0.39, 0.29) is 25.1 Å². The van der Waals surface area contributed by atoms with Crippen LogP contribution >= 0.6 is 12.4 Å². The number of benzene rings is 3. The number of hydrogen-bond acceptors (Lipinski definition) is 8. The topological polar surface area (TPSA) is 88.6 Å². The summed E-state index contributed by atoms with van der Waals surface area (Å²) in [5.74, 6) is 4.69. The van der Waals surface area contributed by atoms with E-state index in [1.54, 1.807) is 12.2 Å². The maximum Gasteiger partial charge on any atom is 0.246 e. The van der Waals surface area contributed by atoms with Gasteiger partial charge in [-0.25, -0.2) is 0 Å². The molecule has 0 spiro atoms. The largest absolute Gasteiger partial charge is 0.490 e. The molecule has 272 valence electrons. The summed E-state index contributed by atoms with van der Waals surface area (Å²) in [6.07, 6.45) is 13.2. The molecule has 4 aromatic rings. The van der Waals surface area contributed by atoms with Crippen LogP contribution in [-0.4, -0.2) is 62.1 Å². The van der Waals surface area contributed by atoms with Gasteiger partial charge in [0.05, 0.1) is 32.1 Å². The third-order valence-corrected chi connectivity index (χ3v) is 8.19. The summed E-state index contributed by atoms with van der Waals surface area (Å²) in [6, 6.07) is 17.9. The molecule has 2 aliphatic heterocycles. The minimum Gasteiger partial charge on any atom is -0.490 e. The van der Waals surface area contributed by atoms with Crippen LogP contribution in [-0.2, 0) is 11.2 Å². The van der Waals surface area contributed by atoms with E-state index in [2.05, 4.69) is 11.1 Å². The number of fused-ring (bicyclic) bond motifs is 2. The molecule has 1 amide bonds. The lowest BCUT2D eigenvalue weighted by Gasteiger charge is -2.25. The average molecular weight is 717 g/mol. The van der Waals surface area contributed by atoms with Gasteiger partial charge in [0.25, 0.3) is 0 Å². The molecule has 10 heteroatoms. The van der Waals surface area contributed by atoms with E-state index in [1.807, 2.05) is 99.5 Å². The fraction of sp³-hybridized carbons (Fsp3) is 0.366. The third-order valence-electron chi connectivity index (χ3n) is 8.19. The van der Waals surface area contributed by atoms with Crippen molar-refractivity contribution in [2.24, 2.45) is 0 Å². The summed E-state index contributed by atoms with van der Waals surface area (Å²) in [7, 11) is 0. The van der Waals surface area contributed by atoms with Gasteiger partial charge in [-0.2, -0.15) is 0 Å². The van der Waals surface area contributed by atoms with Crippen molar-refractivity contribution in [3.63, 3.8) is 0 Å². The first-order valence-electron chi connectivity index (χ1n) is 17.6. The molecule has 2 aliphatic rings. The van der Waals surface area contributed by atoms with Crippen LogP contribution in [0.1, 0.15) is 63.8 Å². The van der Waals surface area contributed by atoms with Crippen molar-refractivity contribution < 1.29 is 33.2 Å². The molecule has 1 saturated heterocycles. The van der Waals surface area contributed by atoms with E-state index < -0.39 is 0 Å². The molecule has 0 N–H and O–H groups in total. The smallest absolute Gasteiger partial charge is 0.246 e. The summed E-state index contributed by atoms with van der Waals surface area (Å²) in [5.41, 5.74) is 3.12. The van der Waals surface area contributed by atoms with Gasteiger partial charge in [0.1, 0.15) is 0 Å². The number of nitrogens with zero attached hydrogens (tertiary/aromatic N) is 2. The van der Waals surface area contributed by atoms with Crippen molar-refractivity contribution in [2.75, 3.05) is 46.3 Å². The highest BCUT2D eigenvalue weighted by molar-refractivity contribution is 5.88. The Morgan fingerprint density at radius 2 is 1.41 bits per heavy atom. The predicted octanol–water partition coefficient (Wildman–Crippen LogP) is 8.84. The van der Waals surface area contributed by atoms with Crippen LogP contribution < -0.4 is 28.4 Å². The van der Waals surface area contributed by atoms with Crippen molar-refractivity contribution in [2.45, 2.75) is 53.4 Å². The fourth-order valence-corrected chi connectivity index (χ4v) is 5.86. The minimum atomic E-state index is 0. The van der Waals surface area contributed by atoms with Crippen LogP contribution in [0.15, 0.2) is 79.0 Å². The number of aromatic nitrogens is 1. The third kappa shape index (κ3) is 10.8. The lowest BCUT2D eigenvalue weighted by atomic mass is 10.0. The first kappa shape index (κ1) is 38.9. The van der Waals surface area contributed by atoms with Crippen molar-refractivity contribution in [1.82, 2.24) is 9.88 Å².